The van der Waals surface area contributed by atoms with Gasteiger partial charge in [0.05, 0.1) is 12.5 Å². The molecule has 2 rings (SSSR count). The molecule has 0 unspecified atom stereocenters. The predicted octanol–water partition coefficient (Wildman–Crippen LogP) is 2.58. The molecule has 2 aromatic rings. The van der Waals surface area contributed by atoms with E-state index in [0.29, 0.717) is 17.9 Å². The SMILES string of the molecule is CCCNCCNC(=O)c1cncn1-c1ccc(F)cc1.Cl.Cl. The highest BCUT2D eigenvalue weighted by Crippen LogP contribution is 2.12. The molecule has 0 saturated carbocycles. The number of carbonyl (C=O) groups is 1. The number of imidazole rings is 1. The Labute approximate surface area is 147 Å². The molecule has 1 aromatic heterocycles. The smallest absolute Gasteiger partial charge is 0.269 e. The van der Waals surface area contributed by atoms with Gasteiger partial charge in [-0.2, -0.15) is 0 Å². The molecule has 0 fully saturated rings. The summed E-state index contributed by atoms with van der Waals surface area (Å²) in [6.07, 6.45) is 4.10. The van der Waals surface area contributed by atoms with Gasteiger partial charge in [-0.25, -0.2) is 9.37 Å². The zero-order valence-electron chi connectivity index (χ0n) is 12.8. The Hall–Kier alpha value is -1.63. The van der Waals surface area contributed by atoms with E-state index in [-0.39, 0.29) is 36.5 Å². The molecule has 2 N–H and O–H groups in total. The van der Waals surface area contributed by atoms with Gasteiger partial charge in [-0.3, -0.25) is 9.36 Å². The zero-order valence-corrected chi connectivity index (χ0v) is 14.4. The maximum Gasteiger partial charge on any atom is 0.269 e. The van der Waals surface area contributed by atoms with Crippen molar-refractivity contribution in [2.24, 2.45) is 0 Å². The maximum atomic E-state index is 12.9. The van der Waals surface area contributed by atoms with Crippen LogP contribution in [0.2, 0.25) is 0 Å². The molecule has 0 aliphatic heterocycles. The summed E-state index contributed by atoms with van der Waals surface area (Å²) in [5.41, 5.74) is 1.13. The molecule has 0 radical (unpaired) electrons. The number of benzene rings is 1. The Morgan fingerprint density at radius 3 is 2.52 bits per heavy atom. The quantitative estimate of drug-likeness (QED) is 0.744. The first-order valence-electron chi connectivity index (χ1n) is 6.99. The average Bonchev–Trinajstić information content (AvgIpc) is 2.97. The van der Waals surface area contributed by atoms with Crippen LogP contribution in [0.5, 0.6) is 0 Å². The van der Waals surface area contributed by atoms with Crippen LogP contribution in [-0.2, 0) is 0 Å². The summed E-state index contributed by atoms with van der Waals surface area (Å²) in [5.74, 6) is -0.512. The summed E-state index contributed by atoms with van der Waals surface area (Å²) in [6.45, 7) is 4.30. The van der Waals surface area contributed by atoms with Crippen LogP contribution in [-0.4, -0.2) is 35.1 Å². The molecule has 23 heavy (non-hydrogen) atoms. The lowest BCUT2D eigenvalue weighted by Gasteiger charge is -2.09. The van der Waals surface area contributed by atoms with Gasteiger partial charge in [-0.15, -0.1) is 24.8 Å². The molecule has 1 amide bonds. The van der Waals surface area contributed by atoms with E-state index in [4.69, 9.17) is 0 Å². The van der Waals surface area contributed by atoms with E-state index in [1.807, 2.05) is 0 Å². The second kappa shape index (κ2) is 11.0. The van der Waals surface area contributed by atoms with Crippen LogP contribution >= 0.6 is 24.8 Å². The Morgan fingerprint density at radius 1 is 1.17 bits per heavy atom. The molecule has 128 valence electrons. The van der Waals surface area contributed by atoms with Gasteiger partial charge >= 0.3 is 0 Å². The monoisotopic (exact) mass is 362 g/mol. The van der Waals surface area contributed by atoms with Crippen molar-refractivity contribution in [3.8, 4) is 5.69 Å². The third-order valence-corrected chi connectivity index (χ3v) is 2.99. The standard InChI is InChI=1S/C15H19FN4O.2ClH/c1-2-7-17-8-9-19-15(21)14-10-18-11-20(14)13-5-3-12(16)4-6-13;;/h3-6,10-11,17H,2,7-9H2,1H3,(H,19,21);2*1H. The second-order valence-corrected chi connectivity index (χ2v) is 4.63. The molecular weight excluding hydrogens is 342 g/mol. The molecule has 0 spiro atoms. The third kappa shape index (κ3) is 6.17. The summed E-state index contributed by atoms with van der Waals surface area (Å²) in [7, 11) is 0. The Bertz CT molecular complexity index is 589. The van der Waals surface area contributed by atoms with Crippen molar-refractivity contribution >= 4 is 30.7 Å². The van der Waals surface area contributed by atoms with Crippen LogP contribution in [0.25, 0.3) is 5.69 Å². The van der Waals surface area contributed by atoms with Crippen LogP contribution < -0.4 is 10.6 Å². The molecule has 0 bridgehead atoms. The first-order valence-corrected chi connectivity index (χ1v) is 6.99. The van der Waals surface area contributed by atoms with Crippen molar-refractivity contribution in [1.82, 2.24) is 20.2 Å². The number of amides is 1. The van der Waals surface area contributed by atoms with Crippen molar-refractivity contribution in [3.05, 3.63) is 48.3 Å². The molecule has 0 saturated heterocycles. The van der Waals surface area contributed by atoms with Gasteiger partial charge < -0.3 is 10.6 Å². The Kier molecular flexibility index (Phi) is 10.2. The van der Waals surface area contributed by atoms with Crippen LogP contribution in [0, 0.1) is 5.82 Å². The first-order chi connectivity index (χ1) is 10.2. The van der Waals surface area contributed by atoms with Crippen molar-refractivity contribution in [2.75, 3.05) is 19.6 Å². The minimum absolute atomic E-state index is 0. The topological polar surface area (TPSA) is 58.9 Å². The Morgan fingerprint density at radius 2 is 1.87 bits per heavy atom. The highest BCUT2D eigenvalue weighted by atomic mass is 35.5. The average molecular weight is 363 g/mol. The van der Waals surface area contributed by atoms with Gasteiger partial charge in [0.25, 0.3) is 5.91 Å². The fraction of sp³-hybridized carbons (Fsp3) is 0.333. The molecule has 0 aliphatic rings. The third-order valence-electron chi connectivity index (χ3n) is 2.99. The fourth-order valence-corrected chi connectivity index (χ4v) is 1.93. The van der Waals surface area contributed by atoms with E-state index >= 15 is 0 Å². The minimum atomic E-state index is -0.313. The van der Waals surface area contributed by atoms with Gasteiger partial charge in [0.1, 0.15) is 11.5 Å². The number of nitrogens with zero attached hydrogens (tertiary/aromatic N) is 2. The number of carbonyl (C=O) groups excluding carboxylic acids is 1. The van der Waals surface area contributed by atoms with E-state index in [1.165, 1.54) is 24.7 Å². The predicted molar refractivity (Wildman–Crippen MR) is 93.5 cm³/mol. The molecule has 0 aliphatic carbocycles. The lowest BCUT2D eigenvalue weighted by atomic mass is 10.3. The van der Waals surface area contributed by atoms with Crippen LogP contribution in [0.15, 0.2) is 36.8 Å². The highest BCUT2D eigenvalue weighted by Gasteiger charge is 2.12. The summed E-state index contributed by atoms with van der Waals surface area (Å²) in [6, 6.07) is 5.92. The summed E-state index contributed by atoms with van der Waals surface area (Å²) >= 11 is 0. The summed E-state index contributed by atoms with van der Waals surface area (Å²) in [4.78, 5) is 16.1. The van der Waals surface area contributed by atoms with E-state index in [2.05, 4.69) is 22.5 Å². The van der Waals surface area contributed by atoms with Crippen LogP contribution in [0.3, 0.4) is 0 Å². The molecule has 5 nitrogen and oxygen atoms in total. The summed E-state index contributed by atoms with van der Waals surface area (Å²) < 4.78 is 14.6. The second-order valence-electron chi connectivity index (χ2n) is 4.63. The van der Waals surface area contributed by atoms with E-state index < -0.39 is 0 Å². The van der Waals surface area contributed by atoms with Crippen molar-refractivity contribution in [3.63, 3.8) is 0 Å². The van der Waals surface area contributed by atoms with E-state index in [0.717, 1.165) is 19.5 Å². The molecular formula is C15H21Cl2FN4O. The van der Waals surface area contributed by atoms with Crippen molar-refractivity contribution in [1.29, 1.82) is 0 Å². The van der Waals surface area contributed by atoms with Crippen molar-refractivity contribution < 1.29 is 9.18 Å². The number of halogens is 3. The number of nitrogens with one attached hydrogen (secondary N) is 2. The van der Waals surface area contributed by atoms with Crippen LogP contribution in [0.4, 0.5) is 4.39 Å². The van der Waals surface area contributed by atoms with Gasteiger partial charge in [0.2, 0.25) is 0 Å². The lowest BCUT2D eigenvalue weighted by molar-refractivity contribution is 0.0947. The van der Waals surface area contributed by atoms with Crippen molar-refractivity contribution in [2.45, 2.75) is 13.3 Å². The number of hydrogen-bond acceptors (Lipinski definition) is 3. The normalized spacial score (nSPS) is 9.65. The summed E-state index contributed by atoms with van der Waals surface area (Å²) in [5, 5.41) is 6.04. The van der Waals surface area contributed by atoms with Gasteiger partial charge in [0.15, 0.2) is 0 Å². The van der Waals surface area contributed by atoms with Gasteiger partial charge in [0, 0.05) is 18.8 Å². The Balaban J connectivity index is 0.00000242. The zero-order chi connectivity index (χ0) is 15.1. The number of aromatic nitrogens is 2. The highest BCUT2D eigenvalue weighted by molar-refractivity contribution is 5.93. The van der Waals surface area contributed by atoms with Crippen LogP contribution in [0.1, 0.15) is 23.8 Å². The molecule has 1 aromatic carbocycles. The molecule has 1 heterocycles. The maximum absolute atomic E-state index is 12.9. The van der Waals surface area contributed by atoms with E-state index in [9.17, 15) is 9.18 Å². The number of rotatable bonds is 7. The van der Waals surface area contributed by atoms with Gasteiger partial charge in [-0.05, 0) is 37.2 Å². The first kappa shape index (κ1) is 21.4. The lowest BCUT2D eigenvalue weighted by Crippen LogP contribution is -2.33. The minimum Gasteiger partial charge on any atom is -0.349 e. The van der Waals surface area contributed by atoms with E-state index in [1.54, 1.807) is 16.7 Å². The number of hydrogen-bond donors (Lipinski definition) is 2. The molecule has 0 atom stereocenters. The fourth-order valence-electron chi connectivity index (χ4n) is 1.93. The largest absolute Gasteiger partial charge is 0.349 e. The molecule has 8 heteroatoms. The van der Waals surface area contributed by atoms with Gasteiger partial charge in [-0.1, -0.05) is 6.92 Å².